The summed E-state index contributed by atoms with van der Waals surface area (Å²) in [6.45, 7) is 8.18. The van der Waals surface area contributed by atoms with Crippen LogP contribution in [0.2, 0.25) is 0 Å². The van der Waals surface area contributed by atoms with Gasteiger partial charge in [-0.1, -0.05) is 12.1 Å². The Morgan fingerprint density at radius 3 is 2.33 bits per heavy atom. The maximum atomic E-state index is 12.3. The number of nitrogens with zero attached hydrogens (tertiary/aromatic N) is 1. The zero-order valence-corrected chi connectivity index (χ0v) is 13.8. The number of carbonyl (C=O) groups excluding carboxylic acids is 1. The quantitative estimate of drug-likeness (QED) is 0.786. The number of benzene rings is 1. The van der Waals surface area contributed by atoms with E-state index in [9.17, 15) is 4.79 Å². The molecule has 1 rings (SSSR count). The maximum absolute atomic E-state index is 12.3. The molecule has 1 amide bonds. The van der Waals surface area contributed by atoms with Crippen LogP contribution in [0.5, 0.6) is 0 Å². The lowest BCUT2D eigenvalue weighted by molar-refractivity contribution is -0.179. The number of amides is 1. The molecule has 5 nitrogen and oxygen atoms in total. The highest BCUT2D eigenvalue weighted by molar-refractivity contribution is 5.97. The Balaban J connectivity index is 2.65. The van der Waals surface area contributed by atoms with E-state index in [1.807, 2.05) is 38.1 Å². The van der Waals surface area contributed by atoms with Crippen LogP contribution in [0.1, 0.15) is 33.3 Å². The molecule has 0 saturated heterocycles. The van der Waals surface area contributed by atoms with Crippen molar-refractivity contribution in [3.05, 3.63) is 29.8 Å². The first-order valence-corrected chi connectivity index (χ1v) is 7.07. The Labute approximate surface area is 127 Å². The van der Waals surface area contributed by atoms with Crippen molar-refractivity contribution >= 4 is 11.6 Å². The minimum Gasteiger partial charge on any atom is -0.374 e. The summed E-state index contributed by atoms with van der Waals surface area (Å²) in [6.07, 6.45) is 0.203. The van der Waals surface area contributed by atoms with E-state index in [1.165, 1.54) is 5.06 Å². The Morgan fingerprint density at radius 1 is 1.29 bits per heavy atom. The van der Waals surface area contributed by atoms with Crippen LogP contribution < -0.4 is 5.32 Å². The summed E-state index contributed by atoms with van der Waals surface area (Å²) >= 11 is 0. The van der Waals surface area contributed by atoms with Crippen LogP contribution in [0.4, 0.5) is 5.69 Å². The first kappa shape index (κ1) is 17.6. The smallest absolute Gasteiger partial charge is 0.246 e. The van der Waals surface area contributed by atoms with Crippen molar-refractivity contribution < 1.29 is 14.4 Å². The predicted molar refractivity (Wildman–Crippen MR) is 83.8 cm³/mol. The molecular weight excluding hydrogens is 268 g/mol. The highest BCUT2D eigenvalue weighted by Crippen LogP contribution is 2.17. The van der Waals surface area contributed by atoms with Crippen LogP contribution in [-0.2, 0) is 21.0 Å². The standard InChI is InChI=1S/C16H26N2O3/c1-12(2)21-11-13-7-9-14(10-8-13)17-15(19)16(3,4)18(5)20-6/h7-10,12H,11H2,1-6H3,(H,17,19). The summed E-state index contributed by atoms with van der Waals surface area (Å²) in [7, 11) is 3.27. The van der Waals surface area contributed by atoms with Crippen LogP contribution in [0.15, 0.2) is 24.3 Å². The number of hydrogen-bond acceptors (Lipinski definition) is 4. The average molecular weight is 294 g/mol. The summed E-state index contributed by atoms with van der Waals surface area (Å²) in [5, 5.41) is 4.41. The third-order valence-electron chi connectivity index (χ3n) is 3.41. The molecule has 0 fully saturated rings. The summed E-state index contributed by atoms with van der Waals surface area (Å²) in [4.78, 5) is 17.4. The lowest BCUT2D eigenvalue weighted by Crippen LogP contribution is -2.50. The topological polar surface area (TPSA) is 50.8 Å². The molecule has 0 aliphatic rings. The summed E-state index contributed by atoms with van der Waals surface area (Å²) in [6, 6.07) is 7.65. The van der Waals surface area contributed by atoms with Crippen molar-refractivity contribution in [1.29, 1.82) is 0 Å². The monoisotopic (exact) mass is 294 g/mol. The molecule has 0 aromatic heterocycles. The fraction of sp³-hybridized carbons (Fsp3) is 0.562. The summed E-state index contributed by atoms with van der Waals surface area (Å²) in [5.41, 5.74) is 1.08. The maximum Gasteiger partial charge on any atom is 0.246 e. The number of hydrogen-bond donors (Lipinski definition) is 1. The molecule has 0 unspecified atom stereocenters. The molecule has 0 saturated carbocycles. The van der Waals surface area contributed by atoms with Gasteiger partial charge in [0.1, 0.15) is 5.54 Å². The minimum absolute atomic E-state index is 0.127. The largest absolute Gasteiger partial charge is 0.374 e. The van der Waals surface area contributed by atoms with Gasteiger partial charge < -0.3 is 14.9 Å². The second-order valence-electron chi connectivity index (χ2n) is 5.75. The van der Waals surface area contributed by atoms with Gasteiger partial charge in [0, 0.05) is 12.7 Å². The highest BCUT2D eigenvalue weighted by Gasteiger charge is 2.32. The number of carbonyl (C=O) groups is 1. The average Bonchev–Trinajstić information content (AvgIpc) is 2.45. The van der Waals surface area contributed by atoms with E-state index in [4.69, 9.17) is 9.57 Å². The number of nitrogens with one attached hydrogen (secondary N) is 1. The number of hydroxylamine groups is 2. The zero-order valence-electron chi connectivity index (χ0n) is 13.8. The fourth-order valence-corrected chi connectivity index (χ4v) is 1.60. The lowest BCUT2D eigenvalue weighted by atomic mass is 10.0. The van der Waals surface area contributed by atoms with E-state index in [1.54, 1.807) is 28.0 Å². The van der Waals surface area contributed by atoms with E-state index in [2.05, 4.69) is 5.32 Å². The van der Waals surface area contributed by atoms with Crippen LogP contribution in [0.25, 0.3) is 0 Å². The van der Waals surface area contributed by atoms with Gasteiger partial charge in [-0.3, -0.25) is 4.79 Å². The van der Waals surface area contributed by atoms with E-state index in [0.717, 1.165) is 11.3 Å². The van der Waals surface area contributed by atoms with Crippen molar-refractivity contribution in [2.24, 2.45) is 0 Å². The predicted octanol–water partition coefficient (Wildman–Crippen LogP) is 2.82. The Hall–Kier alpha value is -1.43. The number of anilines is 1. The van der Waals surface area contributed by atoms with Gasteiger partial charge >= 0.3 is 0 Å². The van der Waals surface area contributed by atoms with Gasteiger partial charge in [-0.2, -0.15) is 5.06 Å². The fourth-order valence-electron chi connectivity index (χ4n) is 1.60. The Kier molecular flexibility index (Phi) is 6.33. The second kappa shape index (κ2) is 7.54. The SMILES string of the molecule is CON(C)C(C)(C)C(=O)Nc1ccc(COC(C)C)cc1. The molecule has 0 spiro atoms. The van der Waals surface area contributed by atoms with Gasteiger partial charge in [0.15, 0.2) is 0 Å². The molecular formula is C16H26N2O3. The molecule has 0 aliphatic heterocycles. The van der Waals surface area contributed by atoms with E-state index in [0.29, 0.717) is 6.61 Å². The van der Waals surface area contributed by atoms with Crippen LogP contribution in [0, 0.1) is 0 Å². The van der Waals surface area contributed by atoms with Crippen molar-refractivity contribution in [2.75, 3.05) is 19.5 Å². The van der Waals surface area contributed by atoms with Gasteiger partial charge in [-0.05, 0) is 45.4 Å². The summed E-state index contributed by atoms with van der Waals surface area (Å²) < 4.78 is 5.54. The minimum atomic E-state index is -0.756. The molecule has 21 heavy (non-hydrogen) atoms. The first-order valence-electron chi connectivity index (χ1n) is 7.07. The molecule has 1 aromatic rings. The van der Waals surface area contributed by atoms with E-state index >= 15 is 0 Å². The van der Waals surface area contributed by atoms with E-state index < -0.39 is 5.54 Å². The van der Waals surface area contributed by atoms with Crippen LogP contribution >= 0.6 is 0 Å². The molecule has 5 heteroatoms. The number of likely N-dealkylation sites (N-methyl/N-ethyl adjacent to an activating group) is 1. The zero-order chi connectivity index (χ0) is 16.0. The van der Waals surface area contributed by atoms with Crippen molar-refractivity contribution in [3.8, 4) is 0 Å². The van der Waals surface area contributed by atoms with Crippen molar-refractivity contribution in [1.82, 2.24) is 5.06 Å². The second-order valence-corrected chi connectivity index (χ2v) is 5.75. The normalized spacial score (nSPS) is 12.0. The molecule has 0 bridgehead atoms. The Bertz CT molecular complexity index is 455. The van der Waals surface area contributed by atoms with Crippen molar-refractivity contribution in [3.63, 3.8) is 0 Å². The third kappa shape index (κ3) is 5.12. The summed E-state index contributed by atoms with van der Waals surface area (Å²) in [5.74, 6) is -0.127. The number of ether oxygens (including phenoxy) is 1. The molecule has 0 aliphatic carbocycles. The van der Waals surface area contributed by atoms with E-state index in [-0.39, 0.29) is 12.0 Å². The Morgan fingerprint density at radius 2 is 1.86 bits per heavy atom. The molecule has 1 aromatic carbocycles. The van der Waals surface area contributed by atoms with Gasteiger partial charge in [-0.15, -0.1) is 0 Å². The van der Waals surface area contributed by atoms with Gasteiger partial charge in [0.05, 0.1) is 19.8 Å². The van der Waals surface area contributed by atoms with Crippen LogP contribution in [0.3, 0.4) is 0 Å². The van der Waals surface area contributed by atoms with Gasteiger partial charge in [0.25, 0.3) is 0 Å². The van der Waals surface area contributed by atoms with Crippen molar-refractivity contribution in [2.45, 2.75) is 45.9 Å². The lowest BCUT2D eigenvalue weighted by Gasteiger charge is -2.31. The number of rotatable bonds is 7. The van der Waals surface area contributed by atoms with Crippen LogP contribution in [-0.4, -0.2) is 36.8 Å². The molecule has 0 radical (unpaired) electrons. The van der Waals surface area contributed by atoms with Gasteiger partial charge in [0.2, 0.25) is 5.91 Å². The molecule has 1 N–H and O–H groups in total. The molecule has 0 heterocycles. The highest BCUT2D eigenvalue weighted by atomic mass is 16.7. The first-order chi connectivity index (χ1) is 9.77. The third-order valence-corrected chi connectivity index (χ3v) is 3.41. The molecule has 118 valence electrons. The van der Waals surface area contributed by atoms with Gasteiger partial charge in [-0.25, -0.2) is 0 Å². The molecule has 0 atom stereocenters.